The van der Waals surface area contributed by atoms with E-state index in [1.54, 1.807) is 0 Å². The lowest BCUT2D eigenvalue weighted by atomic mass is 10.1. The molecule has 0 fully saturated rings. The Kier molecular flexibility index (Phi) is 3.45. The van der Waals surface area contributed by atoms with Crippen molar-refractivity contribution in [3.05, 3.63) is 39.9 Å². The maximum Gasteiger partial charge on any atom is 0.147 e. The number of hydrogen-bond acceptors (Lipinski definition) is 4. The molecule has 1 aromatic heterocycles. The first-order chi connectivity index (χ1) is 9.65. The van der Waals surface area contributed by atoms with Gasteiger partial charge in [0.05, 0.1) is 17.8 Å². The molecule has 0 aliphatic carbocycles. The van der Waals surface area contributed by atoms with Crippen LogP contribution in [0.1, 0.15) is 23.6 Å². The molecule has 2 aromatic rings. The first kappa shape index (κ1) is 13.1. The monoisotopic (exact) mass is 331 g/mol. The Morgan fingerprint density at radius 2 is 2.35 bits per heavy atom. The van der Waals surface area contributed by atoms with E-state index in [0.29, 0.717) is 5.56 Å². The minimum atomic E-state index is 0.275. The van der Waals surface area contributed by atoms with Crippen molar-refractivity contribution >= 4 is 21.6 Å². The Morgan fingerprint density at radius 1 is 1.50 bits per heavy atom. The van der Waals surface area contributed by atoms with Gasteiger partial charge in [-0.3, -0.25) is 0 Å². The highest BCUT2D eigenvalue weighted by Crippen LogP contribution is 2.23. The highest BCUT2D eigenvalue weighted by Gasteiger charge is 2.21. The molecule has 3 rings (SSSR count). The van der Waals surface area contributed by atoms with Gasteiger partial charge in [0.25, 0.3) is 0 Å². The molecule has 1 N–H and O–H groups in total. The molecule has 1 atom stereocenters. The van der Waals surface area contributed by atoms with Gasteiger partial charge in [-0.15, -0.1) is 0 Å². The largest absolute Gasteiger partial charge is 0.379 e. The van der Waals surface area contributed by atoms with Crippen LogP contribution in [0.4, 0.5) is 5.69 Å². The molecule has 20 heavy (non-hydrogen) atoms. The fourth-order valence-corrected chi connectivity index (χ4v) is 2.87. The highest BCUT2D eigenvalue weighted by molar-refractivity contribution is 9.10. The van der Waals surface area contributed by atoms with Crippen LogP contribution >= 0.6 is 15.9 Å². The van der Waals surface area contributed by atoms with E-state index in [1.165, 1.54) is 0 Å². The summed E-state index contributed by atoms with van der Waals surface area (Å²) in [7, 11) is 0. The molecule has 0 radical (unpaired) electrons. The molecular formula is C14H14BrN5. The summed E-state index contributed by atoms with van der Waals surface area (Å²) in [5, 5.41) is 17.0. The zero-order valence-corrected chi connectivity index (χ0v) is 12.7. The Labute approximate surface area is 125 Å². The van der Waals surface area contributed by atoms with Gasteiger partial charge in [0.1, 0.15) is 17.7 Å². The normalized spacial score (nSPS) is 17.4. The summed E-state index contributed by atoms with van der Waals surface area (Å²) in [6.45, 7) is 2.70. The van der Waals surface area contributed by atoms with Crippen molar-refractivity contribution in [2.75, 3.05) is 5.32 Å². The second kappa shape index (κ2) is 5.25. The van der Waals surface area contributed by atoms with Crippen LogP contribution in [0, 0.1) is 18.3 Å². The molecule has 1 aliphatic heterocycles. The number of halogens is 1. The number of fused-ring (bicyclic) bond motifs is 1. The molecule has 0 saturated carbocycles. The zero-order valence-electron chi connectivity index (χ0n) is 11.1. The Bertz CT molecular complexity index is 685. The van der Waals surface area contributed by atoms with E-state index in [1.807, 2.05) is 29.8 Å². The smallest absolute Gasteiger partial charge is 0.147 e. The Morgan fingerprint density at radius 3 is 3.15 bits per heavy atom. The third-order valence-electron chi connectivity index (χ3n) is 3.43. The first-order valence-electron chi connectivity index (χ1n) is 6.52. The third-order valence-corrected chi connectivity index (χ3v) is 3.92. The second-order valence-electron chi connectivity index (χ2n) is 4.94. The van der Waals surface area contributed by atoms with Crippen LogP contribution in [0.25, 0.3) is 0 Å². The lowest BCUT2D eigenvalue weighted by Gasteiger charge is -2.25. The van der Waals surface area contributed by atoms with E-state index in [9.17, 15) is 5.26 Å². The number of hydrogen-bond donors (Lipinski definition) is 1. The van der Waals surface area contributed by atoms with Gasteiger partial charge >= 0.3 is 0 Å². The standard InChI is InChI=1S/C14H14BrN5/c1-9-17-14-5-3-12(8-20(14)19-9)18-13-4-2-11(15)6-10(13)7-16/h2,4,6,12,18H,3,5,8H2,1H3/t12-/m1/s1. The van der Waals surface area contributed by atoms with Gasteiger partial charge in [-0.2, -0.15) is 10.4 Å². The molecule has 5 nitrogen and oxygen atoms in total. The van der Waals surface area contributed by atoms with E-state index >= 15 is 0 Å². The molecule has 2 heterocycles. The molecule has 0 spiro atoms. The van der Waals surface area contributed by atoms with Crippen LogP contribution in [0.15, 0.2) is 22.7 Å². The number of benzene rings is 1. The number of nitriles is 1. The fraction of sp³-hybridized carbons (Fsp3) is 0.357. The number of nitrogens with one attached hydrogen (secondary N) is 1. The lowest BCUT2D eigenvalue weighted by Crippen LogP contribution is -2.32. The van der Waals surface area contributed by atoms with Gasteiger partial charge in [-0.1, -0.05) is 15.9 Å². The fourth-order valence-electron chi connectivity index (χ4n) is 2.51. The average molecular weight is 332 g/mol. The van der Waals surface area contributed by atoms with Gasteiger partial charge in [0, 0.05) is 16.9 Å². The number of nitrogens with zero attached hydrogens (tertiary/aromatic N) is 4. The minimum Gasteiger partial charge on any atom is -0.379 e. The summed E-state index contributed by atoms with van der Waals surface area (Å²) in [6, 6.07) is 8.20. The molecule has 0 unspecified atom stereocenters. The quantitative estimate of drug-likeness (QED) is 0.918. The van der Waals surface area contributed by atoms with Crippen molar-refractivity contribution in [1.29, 1.82) is 5.26 Å². The average Bonchev–Trinajstić information content (AvgIpc) is 2.80. The zero-order chi connectivity index (χ0) is 14.1. The van der Waals surface area contributed by atoms with E-state index in [4.69, 9.17) is 0 Å². The van der Waals surface area contributed by atoms with Crippen LogP contribution in [0.2, 0.25) is 0 Å². The maximum atomic E-state index is 9.20. The van der Waals surface area contributed by atoms with Crippen LogP contribution < -0.4 is 5.32 Å². The number of anilines is 1. The van der Waals surface area contributed by atoms with Crippen LogP contribution in [0.5, 0.6) is 0 Å². The van der Waals surface area contributed by atoms with Crippen molar-refractivity contribution in [2.45, 2.75) is 32.4 Å². The van der Waals surface area contributed by atoms with Gasteiger partial charge in [0.15, 0.2) is 0 Å². The summed E-state index contributed by atoms with van der Waals surface area (Å²) in [6.07, 6.45) is 1.91. The molecule has 0 amide bonds. The molecule has 1 aliphatic rings. The number of rotatable bonds is 2. The molecular weight excluding hydrogens is 318 g/mol. The van der Waals surface area contributed by atoms with Crippen molar-refractivity contribution in [1.82, 2.24) is 14.8 Å². The van der Waals surface area contributed by atoms with Gasteiger partial charge in [0.2, 0.25) is 0 Å². The van der Waals surface area contributed by atoms with Crippen molar-refractivity contribution in [3.63, 3.8) is 0 Å². The summed E-state index contributed by atoms with van der Waals surface area (Å²) in [5.41, 5.74) is 1.53. The molecule has 102 valence electrons. The summed E-state index contributed by atoms with van der Waals surface area (Å²) in [5.74, 6) is 1.87. The highest BCUT2D eigenvalue weighted by atomic mass is 79.9. The molecule has 1 aromatic carbocycles. The van der Waals surface area contributed by atoms with E-state index in [0.717, 1.165) is 41.2 Å². The summed E-state index contributed by atoms with van der Waals surface area (Å²) >= 11 is 3.39. The van der Waals surface area contributed by atoms with Crippen LogP contribution in [0.3, 0.4) is 0 Å². The van der Waals surface area contributed by atoms with Crippen molar-refractivity contribution < 1.29 is 0 Å². The van der Waals surface area contributed by atoms with Gasteiger partial charge < -0.3 is 5.32 Å². The lowest BCUT2D eigenvalue weighted by molar-refractivity contribution is 0.441. The van der Waals surface area contributed by atoms with E-state index < -0.39 is 0 Å². The Hall–Kier alpha value is -1.87. The molecule has 0 bridgehead atoms. The summed E-state index contributed by atoms with van der Waals surface area (Å²) in [4.78, 5) is 4.40. The topological polar surface area (TPSA) is 66.5 Å². The SMILES string of the molecule is Cc1nc2n(n1)C[C@H](Nc1ccc(Br)cc1C#N)CC2. The summed E-state index contributed by atoms with van der Waals surface area (Å²) < 4.78 is 2.87. The Balaban J connectivity index is 1.78. The minimum absolute atomic E-state index is 0.275. The number of aryl methyl sites for hydroxylation is 2. The van der Waals surface area contributed by atoms with Gasteiger partial charge in [-0.25, -0.2) is 9.67 Å². The first-order valence-corrected chi connectivity index (χ1v) is 7.31. The van der Waals surface area contributed by atoms with Crippen LogP contribution in [-0.2, 0) is 13.0 Å². The van der Waals surface area contributed by atoms with E-state index in [-0.39, 0.29) is 6.04 Å². The van der Waals surface area contributed by atoms with Crippen molar-refractivity contribution in [3.8, 4) is 6.07 Å². The predicted molar refractivity (Wildman–Crippen MR) is 79.3 cm³/mol. The maximum absolute atomic E-state index is 9.20. The van der Waals surface area contributed by atoms with Crippen molar-refractivity contribution in [2.24, 2.45) is 0 Å². The third kappa shape index (κ3) is 2.54. The predicted octanol–water partition coefficient (Wildman–Crippen LogP) is 2.65. The molecule has 0 saturated heterocycles. The second-order valence-corrected chi connectivity index (χ2v) is 5.85. The van der Waals surface area contributed by atoms with Gasteiger partial charge in [-0.05, 0) is 31.5 Å². The van der Waals surface area contributed by atoms with Crippen LogP contribution in [-0.4, -0.2) is 20.8 Å². The molecule has 6 heteroatoms. The van der Waals surface area contributed by atoms with E-state index in [2.05, 4.69) is 37.4 Å². The number of aromatic nitrogens is 3.